The quantitative estimate of drug-likeness (QED) is 0.0368. The van der Waals surface area contributed by atoms with Crippen molar-refractivity contribution in [1.82, 2.24) is 4.90 Å². The van der Waals surface area contributed by atoms with E-state index in [2.05, 4.69) is 16.6 Å². The van der Waals surface area contributed by atoms with Gasteiger partial charge in [0.05, 0.1) is 13.2 Å². The number of aliphatic hydroxyl groups is 9. The highest BCUT2D eigenvalue weighted by Crippen LogP contribution is 2.46. The van der Waals surface area contributed by atoms with Crippen LogP contribution in [0.1, 0.15) is 116 Å². The second-order valence-electron chi connectivity index (χ2n) is 14.5. The standard InChI is InChI=1S/C36H69NO13/c1-5-6-7-8-9-10-14-18-24(50-26(38)20-16-21-37(2)3)19-15-12-11-13-17-23-22-25(23)27(39)28(40)29(41)30(42)31(43)32(44)33(45)34(46)35(47)36(48)49-4/h23-25,27-35,39-47H,5-22H2,1-4H3. The predicted octanol–water partition coefficient (Wildman–Crippen LogP) is 0.779. The van der Waals surface area contributed by atoms with Crippen LogP contribution in [-0.4, -0.2) is 152 Å². The SMILES string of the molecule is CCCCCCCCCC(CCCCCCC1CC1C(O)C(O)C(O)C(O)C(O)C(O)C(O)C(O)C(O)C(=O)OC)OC(=O)CCCN(C)C. The largest absolute Gasteiger partial charge is 0.467 e. The van der Waals surface area contributed by atoms with Gasteiger partial charge in [-0.25, -0.2) is 4.79 Å². The smallest absolute Gasteiger partial charge is 0.337 e. The zero-order chi connectivity index (χ0) is 37.8. The fourth-order valence-corrected chi connectivity index (χ4v) is 6.44. The molecule has 0 aliphatic heterocycles. The second-order valence-corrected chi connectivity index (χ2v) is 14.5. The molecule has 50 heavy (non-hydrogen) atoms. The first-order valence-electron chi connectivity index (χ1n) is 18.7. The number of methoxy groups -OCH3 is 1. The van der Waals surface area contributed by atoms with E-state index in [0.29, 0.717) is 12.8 Å². The molecule has 1 fully saturated rings. The average molecular weight is 724 g/mol. The minimum Gasteiger partial charge on any atom is -0.467 e. The Hall–Kier alpha value is -1.46. The summed E-state index contributed by atoms with van der Waals surface area (Å²) in [6.07, 6.45) is -2.82. The summed E-state index contributed by atoms with van der Waals surface area (Å²) in [5.41, 5.74) is 0. The van der Waals surface area contributed by atoms with E-state index in [-0.39, 0.29) is 23.9 Å². The van der Waals surface area contributed by atoms with Crippen molar-refractivity contribution < 1.29 is 65.0 Å². The zero-order valence-electron chi connectivity index (χ0n) is 30.8. The molecule has 0 bridgehead atoms. The van der Waals surface area contributed by atoms with E-state index in [1.165, 1.54) is 32.1 Å². The maximum atomic E-state index is 12.5. The van der Waals surface area contributed by atoms with Crippen LogP contribution >= 0.6 is 0 Å². The Morgan fingerprint density at radius 1 is 0.660 bits per heavy atom. The van der Waals surface area contributed by atoms with E-state index in [1.807, 2.05) is 14.1 Å². The van der Waals surface area contributed by atoms with Gasteiger partial charge in [-0.1, -0.05) is 71.1 Å². The molecule has 296 valence electrons. The predicted molar refractivity (Wildman–Crippen MR) is 186 cm³/mol. The summed E-state index contributed by atoms with van der Waals surface area (Å²) in [5.74, 6) is -1.68. The van der Waals surface area contributed by atoms with Gasteiger partial charge in [-0.3, -0.25) is 4.79 Å². The lowest BCUT2D eigenvalue weighted by Crippen LogP contribution is -2.58. The summed E-state index contributed by atoms with van der Waals surface area (Å²) in [6, 6.07) is 0. The second kappa shape index (κ2) is 25.5. The minimum absolute atomic E-state index is 0.0665. The van der Waals surface area contributed by atoms with Gasteiger partial charge in [0, 0.05) is 6.42 Å². The zero-order valence-corrected chi connectivity index (χ0v) is 30.8. The third kappa shape index (κ3) is 17.4. The van der Waals surface area contributed by atoms with Crippen LogP contribution in [0.2, 0.25) is 0 Å². The van der Waals surface area contributed by atoms with Gasteiger partial charge < -0.3 is 60.3 Å². The third-order valence-corrected chi connectivity index (χ3v) is 9.90. The van der Waals surface area contributed by atoms with Crippen LogP contribution < -0.4 is 0 Å². The number of carbonyl (C=O) groups is 2. The normalized spacial score (nSPS) is 22.1. The van der Waals surface area contributed by atoms with Gasteiger partial charge in [-0.15, -0.1) is 0 Å². The van der Waals surface area contributed by atoms with Crippen LogP contribution in [-0.2, 0) is 19.1 Å². The van der Waals surface area contributed by atoms with Crippen molar-refractivity contribution in [2.75, 3.05) is 27.7 Å². The first kappa shape index (κ1) is 46.6. The maximum Gasteiger partial charge on any atom is 0.337 e. The fraction of sp³-hybridized carbons (Fsp3) is 0.944. The topological polar surface area (TPSA) is 238 Å². The molecule has 1 aliphatic rings. The van der Waals surface area contributed by atoms with Crippen LogP contribution in [0.15, 0.2) is 0 Å². The number of nitrogens with zero attached hydrogens (tertiary/aromatic N) is 1. The van der Waals surface area contributed by atoms with Crippen LogP contribution in [0.5, 0.6) is 0 Å². The molecule has 14 nitrogen and oxygen atoms in total. The van der Waals surface area contributed by atoms with Crippen molar-refractivity contribution in [3.8, 4) is 0 Å². The molecule has 1 aliphatic carbocycles. The molecular weight excluding hydrogens is 654 g/mol. The Kier molecular flexibility index (Phi) is 23.8. The van der Waals surface area contributed by atoms with Crippen molar-refractivity contribution in [3.63, 3.8) is 0 Å². The number of hydrogen-bond acceptors (Lipinski definition) is 14. The summed E-state index contributed by atoms with van der Waals surface area (Å²) in [4.78, 5) is 25.9. The molecule has 0 saturated heterocycles. The van der Waals surface area contributed by atoms with Gasteiger partial charge in [-0.2, -0.15) is 0 Å². The number of carbonyl (C=O) groups excluding carboxylic acids is 2. The van der Waals surface area contributed by atoms with Crippen molar-refractivity contribution in [2.24, 2.45) is 11.8 Å². The monoisotopic (exact) mass is 723 g/mol. The highest BCUT2D eigenvalue weighted by atomic mass is 16.5. The molecule has 0 heterocycles. The molecular formula is C36H69NO13. The van der Waals surface area contributed by atoms with Gasteiger partial charge in [-0.05, 0) is 71.0 Å². The molecule has 0 amide bonds. The average Bonchev–Trinajstić information content (AvgIpc) is 3.88. The van der Waals surface area contributed by atoms with Gasteiger partial charge in [0.1, 0.15) is 48.8 Å². The Balaban J connectivity index is 2.45. The van der Waals surface area contributed by atoms with Crippen molar-refractivity contribution in [1.29, 1.82) is 0 Å². The lowest BCUT2D eigenvalue weighted by atomic mass is 9.90. The number of ether oxygens (including phenoxy) is 2. The molecule has 0 aromatic rings. The number of hydrogen-bond donors (Lipinski definition) is 9. The maximum absolute atomic E-state index is 12.5. The van der Waals surface area contributed by atoms with E-state index in [0.717, 1.165) is 77.9 Å². The van der Waals surface area contributed by atoms with Crippen molar-refractivity contribution in [3.05, 3.63) is 0 Å². The molecule has 0 aromatic heterocycles. The Morgan fingerprint density at radius 2 is 1.14 bits per heavy atom. The van der Waals surface area contributed by atoms with Gasteiger partial charge in [0.2, 0.25) is 0 Å². The first-order chi connectivity index (χ1) is 23.7. The van der Waals surface area contributed by atoms with E-state index in [4.69, 9.17) is 4.74 Å². The van der Waals surface area contributed by atoms with E-state index >= 15 is 0 Å². The Labute approximate surface area is 298 Å². The molecule has 0 radical (unpaired) electrons. The summed E-state index contributed by atoms with van der Waals surface area (Å²) in [5, 5.41) is 91.9. The Bertz CT molecular complexity index is 911. The third-order valence-electron chi connectivity index (χ3n) is 9.90. The molecule has 9 N–H and O–H groups in total. The van der Waals surface area contributed by atoms with Crippen molar-refractivity contribution >= 4 is 11.9 Å². The van der Waals surface area contributed by atoms with Crippen LogP contribution in [0, 0.1) is 11.8 Å². The Morgan fingerprint density at radius 3 is 1.66 bits per heavy atom. The molecule has 0 aromatic carbocycles. The lowest BCUT2D eigenvalue weighted by Gasteiger charge is -2.34. The van der Waals surface area contributed by atoms with Gasteiger partial charge in [0.15, 0.2) is 6.10 Å². The van der Waals surface area contributed by atoms with Crippen LogP contribution in [0.3, 0.4) is 0 Å². The van der Waals surface area contributed by atoms with Gasteiger partial charge in [0.25, 0.3) is 0 Å². The highest BCUT2D eigenvalue weighted by molar-refractivity contribution is 5.75. The number of aliphatic hydroxyl groups excluding tert-OH is 9. The van der Waals surface area contributed by atoms with E-state index in [1.54, 1.807) is 0 Å². The lowest BCUT2D eigenvalue weighted by molar-refractivity contribution is -0.191. The summed E-state index contributed by atoms with van der Waals surface area (Å²) in [7, 11) is 4.88. The minimum atomic E-state index is -2.34. The van der Waals surface area contributed by atoms with Gasteiger partial charge >= 0.3 is 11.9 Å². The van der Waals surface area contributed by atoms with E-state index in [9.17, 15) is 55.5 Å². The number of unbranched alkanes of at least 4 members (excludes halogenated alkanes) is 9. The molecule has 12 unspecified atom stereocenters. The van der Waals surface area contributed by atoms with E-state index < -0.39 is 60.9 Å². The number of rotatable bonds is 30. The van der Waals surface area contributed by atoms with Crippen LogP contribution in [0.4, 0.5) is 0 Å². The summed E-state index contributed by atoms with van der Waals surface area (Å²) < 4.78 is 10.1. The molecule has 14 heteroatoms. The summed E-state index contributed by atoms with van der Waals surface area (Å²) >= 11 is 0. The molecule has 12 atom stereocenters. The highest BCUT2D eigenvalue weighted by Gasteiger charge is 2.49. The van der Waals surface area contributed by atoms with Crippen LogP contribution in [0.25, 0.3) is 0 Å². The first-order valence-corrected chi connectivity index (χ1v) is 18.7. The molecule has 1 saturated carbocycles. The van der Waals surface area contributed by atoms with Crippen molar-refractivity contribution in [2.45, 2.75) is 177 Å². The molecule has 0 spiro atoms. The summed E-state index contributed by atoms with van der Waals surface area (Å²) in [6.45, 7) is 3.05. The fourth-order valence-electron chi connectivity index (χ4n) is 6.44. The molecule has 1 rings (SSSR count). The number of esters is 2.